The van der Waals surface area contributed by atoms with Crippen LogP contribution in [0.3, 0.4) is 0 Å². The van der Waals surface area contributed by atoms with Gasteiger partial charge < -0.3 is 18.9 Å². The number of carbonyl (C=O) groups is 2. The molecule has 0 fully saturated rings. The van der Waals surface area contributed by atoms with Crippen molar-refractivity contribution >= 4 is 57.1 Å². The lowest BCUT2D eigenvalue weighted by Crippen LogP contribution is -2.13. The smallest absolute Gasteiger partial charge is 0.434 e. The van der Waals surface area contributed by atoms with Crippen LogP contribution in [0.1, 0.15) is 26.7 Å². The molecular weight excluding hydrogens is 431 g/mol. The molecule has 0 aliphatic carbocycles. The minimum absolute atomic E-state index is 0.192. The number of carbonyl (C=O) groups excluding carboxylic acids is 2. The average Bonchev–Trinajstić information content (AvgIpc) is 2.73. The monoisotopic (exact) mass is 450 g/mol. The van der Waals surface area contributed by atoms with Crippen LogP contribution in [0, 0.1) is 0 Å². The Morgan fingerprint density at radius 2 is 1.43 bits per heavy atom. The lowest BCUT2D eigenvalue weighted by Gasteiger charge is -2.17. The molecule has 0 bridgehead atoms. The van der Waals surface area contributed by atoms with Crippen LogP contribution >= 0.6 is 23.2 Å². The van der Waals surface area contributed by atoms with Crippen molar-refractivity contribution in [2.45, 2.75) is 26.7 Å². The summed E-state index contributed by atoms with van der Waals surface area (Å²) in [5.41, 5.74) is 0. The van der Waals surface area contributed by atoms with Gasteiger partial charge in [0.05, 0.1) is 18.2 Å². The first kappa shape index (κ1) is 22.0. The summed E-state index contributed by atoms with van der Waals surface area (Å²) in [7, 11) is 0. The third kappa shape index (κ3) is 4.71. The van der Waals surface area contributed by atoms with E-state index in [4.69, 9.17) is 42.1 Å². The largest absolute Gasteiger partial charge is 0.513 e. The normalized spacial score (nSPS) is 10.8. The maximum Gasteiger partial charge on any atom is 0.513 e. The highest BCUT2D eigenvalue weighted by atomic mass is 35.5. The van der Waals surface area contributed by atoms with Gasteiger partial charge in [0.25, 0.3) is 0 Å². The Balaban J connectivity index is 2.24. The molecule has 0 aliphatic heterocycles. The molecule has 0 radical (unpaired) electrons. The Morgan fingerprint density at radius 1 is 0.800 bits per heavy atom. The van der Waals surface area contributed by atoms with Crippen LogP contribution in [0.2, 0.25) is 10.0 Å². The van der Waals surface area contributed by atoms with Crippen LogP contribution in [0.5, 0.6) is 11.5 Å². The van der Waals surface area contributed by atoms with Crippen molar-refractivity contribution in [2.24, 2.45) is 0 Å². The molecule has 0 aromatic heterocycles. The van der Waals surface area contributed by atoms with Gasteiger partial charge in [-0.2, -0.15) is 0 Å². The van der Waals surface area contributed by atoms with Crippen LogP contribution in [0.25, 0.3) is 21.5 Å². The highest BCUT2D eigenvalue weighted by molar-refractivity contribution is 6.38. The molecule has 8 heteroatoms. The summed E-state index contributed by atoms with van der Waals surface area (Å²) in [5, 5.41) is 2.53. The van der Waals surface area contributed by atoms with Crippen LogP contribution < -0.4 is 9.47 Å². The van der Waals surface area contributed by atoms with E-state index >= 15 is 0 Å². The number of hydrogen-bond donors (Lipinski definition) is 0. The van der Waals surface area contributed by atoms with E-state index in [2.05, 4.69) is 0 Å². The predicted molar refractivity (Wildman–Crippen MR) is 116 cm³/mol. The Hall–Kier alpha value is -2.70. The minimum atomic E-state index is -0.856. The minimum Gasteiger partial charge on any atom is -0.434 e. The third-order valence-electron chi connectivity index (χ3n) is 4.18. The van der Waals surface area contributed by atoms with Crippen molar-refractivity contribution < 1.29 is 28.5 Å². The molecule has 0 saturated carbocycles. The summed E-state index contributed by atoms with van der Waals surface area (Å²) in [6.07, 6.45) is -0.402. The first-order valence-corrected chi connectivity index (χ1v) is 10.2. The van der Waals surface area contributed by atoms with Gasteiger partial charge in [-0.15, -0.1) is 0 Å². The van der Waals surface area contributed by atoms with E-state index in [1.165, 1.54) is 0 Å². The lowest BCUT2D eigenvalue weighted by atomic mass is 10.0. The van der Waals surface area contributed by atoms with E-state index in [9.17, 15) is 9.59 Å². The van der Waals surface area contributed by atoms with Gasteiger partial charge >= 0.3 is 12.3 Å². The van der Waals surface area contributed by atoms with Crippen molar-refractivity contribution in [3.8, 4) is 11.5 Å². The number of hydrogen-bond acceptors (Lipinski definition) is 6. The van der Waals surface area contributed by atoms with Gasteiger partial charge in [-0.1, -0.05) is 49.2 Å². The van der Waals surface area contributed by atoms with Gasteiger partial charge in [0.2, 0.25) is 0 Å². The quantitative estimate of drug-likeness (QED) is 0.225. The van der Waals surface area contributed by atoms with E-state index in [1.54, 1.807) is 36.4 Å². The number of fused-ring (bicyclic) bond motifs is 2. The average molecular weight is 451 g/mol. The number of rotatable bonds is 6. The number of halogens is 2. The van der Waals surface area contributed by atoms with Crippen molar-refractivity contribution in [3.63, 3.8) is 0 Å². The Bertz CT molecular complexity index is 1090. The highest BCUT2D eigenvalue weighted by Crippen LogP contribution is 2.46. The second kappa shape index (κ2) is 9.87. The summed E-state index contributed by atoms with van der Waals surface area (Å²) in [5.74, 6) is 0.401. The Kier molecular flexibility index (Phi) is 7.24. The molecule has 0 spiro atoms. The molecule has 3 rings (SSSR count). The van der Waals surface area contributed by atoms with Gasteiger partial charge in [0, 0.05) is 26.6 Å². The fourth-order valence-electron chi connectivity index (χ4n) is 2.94. The van der Waals surface area contributed by atoms with Crippen molar-refractivity contribution in [3.05, 3.63) is 46.4 Å². The first-order chi connectivity index (χ1) is 14.5. The highest BCUT2D eigenvalue weighted by Gasteiger charge is 2.23. The SMILES string of the molecule is CCCOC(=O)Oc1c2cc(Cl)ccc2c(OC(=O)OCCC)c2c(Cl)cccc12. The van der Waals surface area contributed by atoms with E-state index in [1.807, 2.05) is 13.8 Å². The van der Waals surface area contributed by atoms with Crippen molar-refractivity contribution in [2.75, 3.05) is 13.2 Å². The summed E-state index contributed by atoms with van der Waals surface area (Å²) in [4.78, 5) is 24.4. The van der Waals surface area contributed by atoms with Gasteiger partial charge in [-0.25, -0.2) is 9.59 Å². The second-order valence-electron chi connectivity index (χ2n) is 6.41. The van der Waals surface area contributed by atoms with Gasteiger partial charge in [-0.3, -0.25) is 0 Å². The fraction of sp³-hybridized carbons (Fsp3) is 0.273. The lowest BCUT2D eigenvalue weighted by molar-refractivity contribution is 0.0984. The van der Waals surface area contributed by atoms with Crippen LogP contribution in [-0.2, 0) is 9.47 Å². The van der Waals surface area contributed by atoms with E-state index < -0.39 is 12.3 Å². The molecule has 0 heterocycles. The van der Waals surface area contributed by atoms with Crippen molar-refractivity contribution in [1.82, 2.24) is 0 Å². The molecule has 6 nitrogen and oxygen atoms in total. The van der Waals surface area contributed by atoms with E-state index in [0.29, 0.717) is 44.4 Å². The predicted octanol–water partition coefficient (Wildman–Crippen LogP) is 7.15. The standard InChI is InChI=1S/C22H20Cl2O6/c1-3-10-27-21(25)29-19-15-6-5-7-17(24)18(15)20(30-22(26)28-11-4-2)14-9-8-13(23)12-16(14)19/h5-9,12H,3-4,10-11H2,1-2H3. The summed E-state index contributed by atoms with van der Waals surface area (Å²) in [6, 6.07) is 9.96. The maximum absolute atomic E-state index is 12.2. The van der Waals surface area contributed by atoms with E-state index in [0.717, 1.165) is 0 Å². The maximum atomic E-state index is 12.2. The molecule has 0 N–H and O–H groups in total. The van der Waals surface area contributed by atoms with Gasteiger partial charge in [0.15, 0.2) is 11.5 Å². The molecule has 0 atom stereocenters. The van der Waals surface area contributed by atoms with E-state index in [-0.39, 0.29) is 24.7 Å². The van der Waals surface area contributed by atoms with Crippen LogP contribution in [0.15, 0.2) is 36.4 Å². The van der Waals surface area contributed by atoms with Crippen LogP contribution in [-0.4, -0.2) is 25.5 Å². The van der Waals surface area contributed by atoms with Crippen molar-refractivity contribution in [1.29, 1.82) is 0 Å². The summed E-state index contributed by atoms with van der Waals surface area (Å²) in [6.45, 7) is 4.20. The summed E-state index contributed by atoms with van der Waals surface area (Å²) >= 11 is 12.6. The molecule has 3 aromatic carbocycles. The van der Waals surface area contributed by atoms with Gasteiger partial charge in [0.1, 0.15) is 0 Å². The second-order valence-corrected chi connectivity index (χ2v) is 7.26. The van der Waals surface area contributed by atoms with Gasteiger partial charge in [-0.05, 0) is 37.1 Å². The van der Waals surface area contributed by atoms with Crippen LogP contribution in [0.4, 0.5) is 9.59 Å². The number of benzene rings is 3. The molecule has 158 valence electrons. The zero-order chi connectivity index (χ0) is 21.7. The Morgan fingerprint density at radius 3 is 2.07 bits per heavy atom. The zero-order valence-electron chi connectivity index (χ0n) is 16.5. The zero-order valence-corrected chi connectivity index (χ0v) is 18.0. The molecule has 30 heavy (non-hydrogen) atoms. The topological polar surface area (TPSA) is 71.1 Å². The third-order valence-corrected chi connectivity index (χ3v) is 4.73. The summed E-state index contributed by atoms with van der Waals surface area (Å²) < 4.78 is 21.2. The number of ether oxygens (including phenoxy) is 4. The molecule has 0 amide bonds. The first-order valence-electron chi connectivity index (χ1n) is 9.48. The molecule has 0 aliphatic rings. The Labute approximate surface area is 183 Å². The molecular formula is C22H20Cl2O6. The fourth-order valence-corrected chi connectivity index (χ4v) is 3.37. The molecule has 0 unspecified atom stereocenters. The molecule has 0 saturated heterocycles. The molecule has 3 aromatic rings.